The molecule has 0 spiro atoms. The minimum Gasteiger partial charge on any atom is -0.477 e. The van der Waals surface area contributed by atoms with Crippen LogP contribution in [0.3, 0.4) is 0 Å². The van der Waals surface area contributed by atoms with E-state index in [4.69, 9.17) is 4.42 Å². The van der Waals surface area contributed by atoms with Crippen molar-refractivity contribution in [3.05, 3.63) is 66.4 Å². The van der Waals surface area contributed by atoms with Crippen LogP contribution in [0.25, 0.3) is 28.0 Å². The minimum absolute atomic E-state index is 0.0163. The van der Waals surface area contributed by atoms with Crippen molar-refractivity contribution in [1.82, 2.24) is 9.78 Å². The van der Waals surface area contributed by atoms with Gasteiger partial charge in [0.15, 0.2) is 5.82 Å². The zero-order valence-electron chi connectivity index (χ0n) is 20.8. The molecule has 0 bridgehead atoms. The number of benzene rings is 2. The van der Waals surface area contributed by atoms with E-state index in [0.29, 0.717) is 11.6 Å². The van der Waals surface area contributed by atoms with Gasteiger partial charge in [0.25, 0.3) is 0 Å². The fourth-order valence-electron chi connectivity index (χ4n) is 5.04. The second-order valence-electron chi connectivity index (χ2n) is 10.1. The van der Waals surface area contributed by atoms with E-state index < -0.39 is 5.97 Å². The molecule has 1 saturated carbocycles. The van der Waals surface area contributed by atoms with Gasteiger partial charge >= 0.3 is 5.97 Å². The Morgan fingerprint density at radius 1 is 1.06 bits per heavy atom. The average Bonchev–Trinajstić information content (AvgIpc) is 3.49. The lowest BCUT2D eigenvalue weighted by Crippen LogP contribution is -2.43. The van der Waals surface area contributed by atoms with Crippen LogP contribution in [0.15, 0.2) is 65.2 Å². The van der Waals surface area contributed by atoms with Gasteiger partial charge in [0.1, 0.15) is 16.9 Å². The summed E-state index contributed by atoms with van der Waals surface area (Å²) in [4.78, 5) is 27.2. The van der Waals surface area contributed by atoms with Gasteiger partial charge in [0.05, 0.1) is 5.69 Å². The predicted octanol–water partition coefficient (Wildman–Crippen LogP) is 6.55. The summed E-state index contributed by atoms with van der Waals surface area (Å²) in [6, 6.07) is 17.2. The van der Waals surface area contributed by atoms with Crippen molar-refractivity contribution in [3.63, 3.8) is 0 Å². The molecule has 1 fully saturated rings. The van der Waals surface area contributed by atoms with E-state index in [1.165, 1.54) is 10.9 Å². The van der Waals surface area contributed by atoms with Gasteiger partial charge in [-0.3, -0.25) is 9.69 Å². The van der Waals surface area contributed by atoms with Crippen molar-refractivity contribution in [2.45, 2.75) is 52.5 Å². The van der Waals surface area contributed by atoms with Gasteiger partial charge in [-0.1, -0.05) is 25.1 Å². The number of aromatic carboxylic acids is 1. The van der Waals surface area contributed by atoms with E-state index in [-0.39, 0.29) is 29.2 Å². The molecular weight excluding hydrogens is 454 g/mol. The molecule has 36 heavy (non-hydrogen) atoms. The molecular formula is C29H31N3O4. The molecule has 4 aromatic rings. The highest BCUT2D eigenvalue weighted by molar-refractivity contribution is 6.01. The summed E-state index contributed by atoms with van der Waals surface area (Å²) in [6.45, 7) is 6.01. The molecule has 2 heterocycles. The van der Waals surface area contributed by atoms with Crippen LogP contribution in [0.2, 0.25) is 0 Å². The van der Waals surface area contributed by atoms with E-state index in [2.05, 4.69) is 12.0 Å². The number of hydrogen-bond acceptors (Lipinski definition) is 4. The predicted molar refractivity (Wildman–Crippen MR) is 139 cm³/mol. The third kappa shape index (κ3) is 4.53. The molecule has 186 valence electrons. The zero-order valence-corrected chi connectivity index (χ0v) is 20.8. The second-order valence-corrected chi connectivity index (χ2v) is 10.1. The Kier molecular flexibility index (Phi) is 6.39. The number of anilines is 1. The lowest BCUT2D eigenvalue weighted by molar-refractivity contribution is -0.124. The van der Waals surface area contributed by atoms with Crippen LogP contribution < -0.4 is 4.90 Å². The fraction of sp³-hybridized carbons (Fsp3) is 0.345. The Balaban J connectivity index is 1.46. The monoisotopic (exact) mass is 485 g/mol. The van der Waals surface area contributed by atoms with Crippen LogP contribution in [0.1, 0.15) is 56.8 Å². The molecule has 2 aromatic carbocycles. The first-order chi connectivity index (χ1) is 17.3. The highest BCUT2D eigenvalue weighted by Crippen LogP contribution is 2.33. The van der Waals surface area contributed by atoms with E-state index in [9.17, 15) is 14.7 Å². The highest BCUT2D eigenvalue weighted by atomic mass is 16.4. The van der Waals surface area contributed by atoms with E-state index >= 15 is 0 Å². The van der Waals surface area contributed by atoms with Crippen LogP contribution >= 0.6 is 0 Å². The minimum atomic E-state index is -1.11. The second kappa shape index (κ2) is 9.64. The third-order valence-corrected chi connectivity index (χ3v) is 7.11. The van der Waals surface area contributed by atoms with Gasteiger partial charge in [-0.05, 0) is 81.8 Å². The number of aromatic nitrogens is 2. The summed E-state index contributed by atoms with van der Waals surface area (Å²) in [5.74, 6) is 0.336. The Bertz CT molecular complexity index is 1360. The number of rotatable bonds is 6. The molecule has 0 unspecified atom stereocenters. The first-order valence-corrected chi connectivity index (χ1v) is 12.6. The highest BCUT2D eigenvalue weighted by Gasteiger charge is 2.34. The van der Waals surface area contributed by atoms with Gasteiger partial charge in [0, 0.05) is 29.1 Å². The Morgan fingerprint density at radius 2 is 1.75 bits per heavy atom. The van der Waals surface area contributed by atoms with Gasteiger partial charge < -0.3 is 9.52 Å². The van der Waals surface area contributed by atoms with Crippen molar-refractivity contribution < 1.29 is 19.1 Å². The first-order valence-electron chi connectivity index (χ1n) is 12.6. The molecule has 2 aromatic heterocycles. The zero-order chi connectivity index (χ0) is 25.4. The molecule has 0 aliphatic heterocycles. The number of fused-ring (bicyclic) bond motifs is 1. The number of carbonyl (C=O) groups excluding carboxylic acids is 1. The van der Waals surface area contributed by atoms with Crippen LogP contribution in [0.5, 0.6) is 0 Å². The van der Waals surface area contributed by atoms with E-state index in [1.807, 2.05) is 68.4 Å². The Hall–Kier alpha value is -3.87. The lowest BCUT2D eigenvalue weighted by Gasteiger charge is -2.32. The fourth-order valence-corrected chi connectivity index (χ4v) is 5.04. The normalized spacial score (nSPS) is 18.0. The first kappa shape index (κ1) is 23.9. The summed E-state index contributed by atoms with van der Waals surface area (Å²) in [5.41, 5.74) is 2.45. The SMILES string of the molecule is CC1CCC(C(=O)N(c2nn(-c3ccc(-c4cc5ccccc5o4)cc3)cc2C(=O)O)C(C)C)CC1. The smallest absolute Gasteiger partial charge is 0.341 e. The molecule has 7 heteroatoms. The summed E-state index contributed by atoms with van der Waals surface area (Å²) in [5, 5.41) is 15.6. The van der Waals surface area contributed by atoms with E-state index in [1.54, 1.807) is 4.90 Å². The van der Waals surface area contributed by atoms with Gasteiger partial charge in [-0.25, -0.2) is 9.48 Å². The third-order valence-electron chi connectivity index (χ3n) is 7.11. The maximum absolute atomic E-state index is 13.5. The number of amides is 1. The van der Waals surface area contributed by atoms with Gasteiger partial charge in [-0.15, -0.1) is 5.10 Å². The Labute approximate surface area is 210 Å². The molecule has 0 saturated heterocycles. The van der Waals surface area contributed by atoms with Crippen molar-refractivity contribution in [1.29, 1.82) is 0 Å². The van der Waals surface area contributed by atoms with Crippen molar-refractivity contribution in [2.24, 2.45) is 11.8 Å². The standard InChI is InChI=1S/C29H31N3O4/c1-18(2)32(28(33)21-10-8-19(3)9-11-21)27-24(29(34)35)17-31(30-27)23-14-12-20(13-15-23)26-16-22-6-4-5-7-25(22)36-26/h4-7,12-19,21H,8-11H2,1-3H3,(H,34,35). The quantitative estimate of drug-likeness (QED) is 0.334. The topological polar surface area (TPSA) is 88.6 Å². The molecule has 1 amide bonds. The van der Waals surface area contributed by atoms with Crippen molar-refractivity contribution >= 4 is 28.7 Å². The molecule has 1 N–H and O–H groups in total. The number of hydrogen-bond donors (Lipinski definition) is 1. The summed E-state index contributed by atoms with van der Waals surface area (Å²) >= 11 is 0. The van der Waals surface area contributed by atoms with Crippen LogP contribution in [0.4, 0.5) is 5.82 Å². The van der Waals surface area contributed by atoms with Crippen molar-refractivity contribution in [3.8, 4) is 17.0 Å². The number of carbonyl (C=O) groups is 2. The number of carboxylic acid groups (broad SMARTS) is 1. The number of nitrogens with zero attached hydrogens (tertiary/aromatic N) is 3. The number of para-hydroxylation sites is 1. The van der Waals surface area contributed by atoms with Crippen LogP contribution in [0, 0.1) is 11.8 Å². The van der Waals surface area contributed by atoms with Gasteiger partial charge in [0.2, 0.25) is 5.91 Å². The molecule has 1 aliphatic rings. The summed E-state index contributed by atoms with van der Waals surface area (Å²) in [6.07, 6.45) is 5.17. The Morgan fingerprint density at radius 3 is 2.39 bits per heavy atom. The molecule has 0 atom stereocenters. The molecule has 5 rings (SSSR count). The molecule has 1 aliphatic carbocycles. The maximum Gasteiger partial charge on any atom is 0.341 e. The van der Waals surface area contributed by atoms with Crippen LogP contribution in [-0.4, -0.2) is 32.8 Å². The molecule has 7 nitrogen and oxygen atoms in total. The number of furan rings is 1. The van der Waals surface area contributed by atoms with E-state index in [0.717, 1.165) is 48.0 Å². The van der Waals surface area contributed by atoms with Crippen LogP contribution in [-0.2, 0) is 4.79 Å². The largest absolute Gasteiger partial charge is 0.477 e. The van der Waals surface area contributed by atoms with Crippen molar-refractivity contribution in [2.75, 3.05) is 4.90 Å². The summed E-state index contributed by atoms with van der Waals surface area (Å²) in [7, 11) is 0. The lowest BCUT2D eigenvalue weighted by atomic mass is 9.82. The maximum atomic E-state index is 13.5. The molecule has 0 radical (unpaired) electrons. The van der Waals surface area contributed by atoms with Gasteiger partial charge in [-0.2, -0.15) is 0 Å². The average molecular weight is 486 g/mol. The summed E-state index contributed by atoms with van der Waals surface area (Å²) < 4.78 is 7.49. The number of carboxylic acids is 1.